The normalized spacial score (nSPS) is 14.0. The maximum absolute atomic E-state index is 14.0. The third kappa shape index (κ3) is 9.21. The van der Waals surface area contributed by atoms with Crippen LogP contribution in [0.25, 0.3) is 16.6 Å². The number of ether oxygens (including phenoxy) is 3. The number of pyridine rings is 1. The molecule has 0 bridgehead atoms. The molecule has 5 rings (SSSR count). The second-order valence-corrected chi connectivity index (χ2v) is 13.4. The molecule has 0 saturated carbocycles. The molecule has 10 heteroatoms. The zero-order valence-corrected chi connectivity index (χ0v) is 29.8. The van der Waals surface area contributed by atoms with Gasteiger partial charge in [-0.2, -0.15) is 0 Å². The van der Waals surface area contributed by atoms with E-state index in [1.807, 2.05) is 13.8 Å². The number of fused-ring (bicyclic) bond motifs is 1. The smallest absolute Gasteiger partial charge is 0.263 e. The number of hydrogen-bond donors (Lipinski definition) is 0. The Kier molecular flexibility index (Phi) is 12.5. The summed E-state index contributed by atoms with van der Waals surface area (Å²) in [5.74, 6) is -0.663. The predicted octanol–water partition coefficient (Wildman–Crippen LogP) is 8.30. The van der Waals surface area contributed by atoms with E-state index in [4.69, 9.17) is 14.2 Å². The fraction of sp³-hybridized carbons (Fsp3) is 0.450. The number of likely N-dealkylation sites (tertiary alicyclic amines) is 1. The first-order valence-electron chi connectivity index (χ1n) is 17.9. The van der Waals surface area contributed by atoms with Gasteiger partial charge in [0.15, 0.2) is 0 Å². The fourth-order valence-corrected chi connectivity index (χ4v) is 6.80. The number of piperidine rings is 1. The number of anilines is 1. The third-order valence-corrected chi connectivity index (χ3v) is 9.52. The Morgan fingerprint density at radius 3 is 2.10 bits per heavy atom. The van der Waals surface area contributed by atoms with Gasteiger partial charge in [-0.15, -0.1) is 0 Å². The summed E-state index contributed by atoms with van der Waals surface area (Å²) in [5, 5.41) is 0.284. The largest absolute Gasteiger partial charge is 0.494 e. The SMILES string of the molecule is CCOc1cc(OCC)cc(-n2cc(C(=O)N(C)c3cc(F)cc(F)c3)c(=O)c3ccc(OCCCCCCC[N+]4(C)CCCCC4)cc32)c1. The molecule has 1 fully saturated rings. The summed E-state index contributed by atoms with van der Waals surface area (Å²) in [7, 11) is 3.77. The zero-order valence-electron chi connectivity index (χ0n) is 29.8. The van der Waals surface area contributed by atoms with Crippen molar-refractivity contribution in [2.75, 3.05) is 58.5 Å². The second kappa shape index (κ2) is 17.0. The number of halogens is 2. The highest BCUT2D eigenvalue weighted by Crippen LogP contribution is 2.30. The number of aromatic nitrogens is 1. The van der Waals surface area contributed by atoms with Crippen LogP contribution in [0.1, 0.15) is 75.6 Å². The van der Waals surface area contributed by atoms with Gasteiger partial charge in [-0.25, -0.2) is 8.78 Å². The molecule has 268 valence electrons. The number of nitrogens with zero attached hydrogens (tertiary/aromatic N) is 3. The topological polar surface area (TPSA) is 70.0 Å². The van der Waals surface area contributed by atoms with Crippen LogP contribution in [0.15, 0.2) is 65.6 Å². The van der Waals surface area contributed by atoms with Gasteiger partial charge in [0, 0.05) is 54.6 Å². The minimum absolute atomic E-state index is 0.0167. The number of carbonyl (C=O) groups is 1. The Morgan fingerprint density at radius 2 is 1.44 bits per heavy atom. The summed E-state index contributed by atoms with van der Waals surface area (Å²) in [6.07, 6.45) is 11.2. The van der Waals surface area contributed by atoms with Crippen LogP contribution < -0.4 is 24.5 Å². The molecule has 50 heavy (non-hydrogen) atoms. The zero-order chi connectivity index (χ0) is 35.7. The number of hydrogen-bond acceptors (Lipinski definition) is 5. The summed E-state index contributed by atoms with van der Waals surface area (Å²) in [6.45, 7) is 9.04. The van der Waals surface area contributed by atoms with Crippen molar-refractivity contribution >= 4 is 22.5 Å². The van der Waals surface area contributed by atoms with Crippen molar-refractivity contribution in [1.29, 1.82) is 0 Å². The fourth-order valence-electron chi connectivity index (χ4n) is 6.80. The lowest BCUT2D eigenvalue weighted by molar-refractivity contribution is -0.914. The highest BCUT2D eigenvalue weighted by atomic mass is 19.1. The summed E-state index contributed by atoms with van der Waals surface area (Å²) in [4.78, 5) is 28.7. The molecule has 0 aliphatic carbocycles. The van der Waals surface area contributed by atoms with E-state index in [1.165, 1.54) is 75.9 Å². The van der Waals surface area contributed by atoms with Gasteiger partial charge in [0.2, 0.25) is 5.43 Å². The summed E-state index contributed by atoms with van der Waals surface area (Å²) in [6, 6.07) is 13.4. The monoisotopic (exact) mass is 690 g/mol. The Morgan fingerprint density at radius 1 is 0.800 bits per heavy atom. The van der Waals surface area contributed by atoms with Crippen LogP contribution in [-0.2, 0) is 0 Å². The molecule has 0 atom stereocenters. The van der Waals surface area contributed by atoms with Crippen molar-refractivity contribution < 1.29 is 32.3 Å². The molecule has 8 nitrogen and oxygen atoms in total. The maximum Gasteiger partial charge on any atom is 0.263 e. The molecule has 0 N–H and O–H groups in total. The van der Waals surface area contributed by atoms with E-state index < -0.39 is 23.0 Å². The first kappa shape index (κ1) is 36.8. The Bertz CT molecular complexity index is 1790. The molecule has 0 spiro atoms. The lowest BCUT2D eigenvalue weighted by Crippen LogP contribution is -2.48. The van der Waals surface area contributed by atoms with Gasteiger partial charge >= 0.3 is 0 Å². The molecule has 1 aliphatic rings. The first-order valence-corrected chi connectivity index (χ1v) is 17.9. The Labute approximate surface area is 293 Å². The van der Waals surface area contributed by atoms with Gasteiger partial charge in [-0.3, -0.25) is 9.59 Å². The van der Waals surface area contributed by atoms with Crippen molar-refractivity contribution in [1.82, 2.24) is 4.57 Å². The van der Waals surface area contributed by atoms with Gasteiger partial charge in [-0.05, 0) is 76.6 Å². The molecule has 1 aliphatic heterocycles. The lowest BCUT2D eigenvalue weighted by Gasteiger charge is -2.37. The molecule has 3 aromatic carbocycles. The summed E-state index contributed by atoms with van der Waals surface area (Å²) < 4.78 is 48.8. The quantitative estimate of drug-likeness (QED) is 0.0874. The molecular weight excluding hydrogens is 640 g/mol. The van der Waals surface area contributed by atoms with Crippen LogP contribution in [0.3, 0.4) is 0 Å². The van der Waals surface area contributed by atoms with Gasteiger partial charge in [-0.1, -0.05) is 12.8 Å². The number of amides is 1. The number of carbonyl (C=O) groups excluding carboxylic acids is 1. The molecule has 1 aromatic heterocycles. The molecule has 4 aromatic rings. The van der Waals surface area contributed by atoms with E-state index in [-0.39, 0.29) is 16.6 Å². The van der Waals surface area contributed by atoms with Crippen molar-refractivity contribution in [3.05, 3.63) is 88.2 Å². The number of quaternary nitrogens is 1. The maximum atomic E-state index is 14.0. The van der Waals surface area contributed by atoms with Gasteiger partial charge in [0.1, 0.15) is 34.4 Å². The Balaban J connectivity index is 1.39. The average molecular weight is 691 g/mol. The van der Waals surface area contributed by atoms with E-state index in [0.29, 0.717) is 48.3 Å². The van der Waals surface area contributed by atoms with E-state index in [0.717, 1.165) is 35.9 Å². The molecule has 0 unspecified atom stereocenters. The first-order chi connectivity index (χ1) is 24.1. The highest BCUT2D eigenvalue weighted by Gasteiger charge is 2.24. The van der Waals surface area contributed by atoms with Crippen LogP contribution in [0, 0.1) is 11.6 Å². The third-order valence-electron chi connectivity index (χ3n) is 9.52. The van der Waals surface area contributed by atoms with Crippen LogP contribution in [0.2, 0.25) is 0 Å². The van der Waals surface area contributed by atoms with Gasteiger partial charge in [0.25, 0.3) is 5.91 Å². The second-order valence-electron chi connectivity index (χ2n) is 13.4. The van der Waals surface area contributed by atoms with Crippen LogP contribution in [-0.4, -0.2) is 68.5 Å². The number of rotatable bonds is 16. The molecular formula is C40H50F2N3O5+. The van der Waals surface area contributed by atoms with E-state index in [1.54, 1.807) is 41.0 Å². The van der Waals surface area contributed by atoms with Crippen molar-refractivity contribution in [2.45, 2.75) is 65.2 Å². The minimum Gasteiger partial charge on any atom is -0.494 e. The van der Waals surface area contributed by atoms with Crippen LogP contribution >= 0.6 is 0 Å². The average Bonchev–Trinajstić information content (AvgIpc) is 3.09. The summed E-state index contributed by atoms with van der Waals surface area (Å²) >= 11 is 0. The van der Waals surface area contributed by atoms with E-state index >= 15 is 0 Å². The van der Waals surface area contributed by atoms with Crippen LogP contribution in [0.4, 0.5) is 14.5 Å². The van der Waals surface area contributed by atoms with Gasteiger partial charge in [0.05, 0.1) is 57.7 Å². The van der Waals surface area contributed by atoms with E-state index in [9.17, 15) is 18.4 Å². The number of benzene rings is 3. The van der Waals surface area contributed by atoms with Gasteiger partial charge < -0.3 is 28.2 Å². The van der Waals surface area contributed by atoms with Crippen molar-refractivity contribution in [2.24, 2.45) is 0 Å². The standard InChI is InChI=1S/C40H50F2N3O5/c1-5-48-34-24-32(25-35(26-34)49-6-2)44-28-37(40(47)43(3)31-22-29(41)21-30(42)23-31)39(46)36-16-15-33(27-38(36)44)50-20-14-9-7-8-11-17-45(4)18-12-10-13-19-45/h15-16,21-28H,5-14,17-20H2,1-4H3/q+1. The predicted molar refractivity (Wildman–Crippen MR) is 194 cm³/mol. The van der Waals surface area contributed by atoms with Crippen molar-refractivity contribution in [3.63, 3.8) is 0 Å². The molecule has 1 saturated heterocycles. The van der Waals surface area contributed by atoms with Crippen LogP contribution in [0.5, 0.6) is 17.2 Å². The molecule has 2 heterocycles. The Hall–Kier alpha value is -4.44. The molecule has 1 amide bonds. The number of unbranched alkanes of at least 4 members (excludes halogenated alkanes) is 4. The highest BCUT2D eigenvalue weighted by molar-refractivity contribution is 6.07. The lowest BCUT2D eigenvalue weighted by atomic mass is 10.1. The molecule has 0 radical (unpaired) electrons. The van der Waals surface area contributed by atoms with Crippen molar-refractivity contribution in [3.8, 4) is 22.9 Å². The minimum atomic E-state index is -0.831. The van der Waals surface area contributed by atoms with E-state index in [2.05, 4.69) is 7.05 Å². The summed E-state index contributed by atoms with van der Waals surface area (Å²) in [5.41, 5.74) is 0.416.